The molecule has 0 unspecified atom stereocenters. The normalized spacial score (nSPS) is 10.0. The van der Waals surface area contributed by atoms with Crippen molar-refractivity contribution in [1.82, 2.24) is 0 Å². The first-order valence-corrected chi connectivity index (χ1v) is 3.94. The number of benzene rings is 1. The Labute approximate surface area is 68.4 Å². The van der Waals surface area contributed by atoms with Gasteiger partial charge in [-0.25, -0.2) is 0 Å². The van der Waals surface area contributed by atoms with Crippen molar-refractivity contribution in [1.29, 1.82) is 0 Å². The highest BCUT2D eigenvalue weighted by atomic mass is 14.8. The van der Waals surface area contributed by atoms with Crippen LogP contribution in [0.4, 0.5) is 0 Å². The average molecular weight is 148 g/mol. The average Bonchev–Trinajstić information content (AvgIpc) is 2.03. The van der Waals surface area contributed by atoms with E-state index in [0.717, 1.165) is 13.0 Å². The van der Waals surface area contributed by atoms with Gasteiger partial charge in [-0.15, -0.1) is 6.54 Å². The van der Waals surface area contributed by atoms with Crippen LogP contribution in [0.1, 0.15) is 11.1 Å². The summed E-state index contributed by atoms with van der Waals surface area (Å²) in [4.78, 5) is 0. The summed E-state index contributed by atoms with van der Waals surface area (Å²) < 4.78 is 0. The van der Waals surface area contributed by atoms with E-state index in [2.05, 4.69) is 36.5 Å². The maximum atomic E-state index is 4.07. The van der Waals surface area contributed by atoms with Crippen molar-refractivity contribution in [3.63, 3.8) is 0 Å². The third-order valence-electron chi connectivity index (χ3n) is 1.87. The van der Waals surface area contributed by atoms with Gasteiger partial charge in [-0.05, 0) is 24.5 Å². The van der Waals surface area contributed by atoms with Crippen LogP contribution in [-0.4, -0.2) is 13.6 Å². The molecule has 0 heterocycles. The minimum Gasteiger partial charge on any atom is -0.665 e. The second kappa shape index (κ2) is 4.14. The molecule has 1 aromatic carbocycles. The van der Waals surface area contributed by atoms with E-state index in [1.807, 2.05) is 7.05 Å². The number of hydrogen-bond donors (Lipinski definition) is 0. The van der Waals surface area contributed by atoms with Crippen LogP contribution in [0, 0.1) is 6.92 Å². The summed E-state index contributed by atoms with van der Waals surface area (Å²) in [6, 6.07) is 8.46. The summed E-state index contributed by atoms with van der Waals surface area (Å²) in [6.07, 6.45) is 1.07. The molecule has 0 saturated heterocycles. The smallest absolute Gasteiger partial charge is 0.0395 e. The Morgan fingerprint density at radius 3 is 2.64 bits per heavy atom. The number of hydrogen-bond acceptors (Lipinski definition) is 0. The molecule has 0 spiro atoms. The summed E-state index contributed by atoms with van der Waals surface area (Å²) in [5, 5.41) is 4.07. The van der Waals surface area contributed by atoms with E-state index in [1.54, 1.807) is 0 Å². The van der Waals surface area contributed by atoms with Gasteiger partial charge >= 0.3 is 0 Å². The van der Waals surface area contributed by atoms with Crippen LogP contribution in [0.3, 0.4) is 0 Å². The van der Waals surface area contributed by atoms with Gasteiger partial charge in [0.2, 0.25) is 0 Å². The minimum absolute atomic E-state index is 0.935. The van der Waals surface area contributed by atoms with Gasteiger partial charge in [0.15, 0.2) is 0 Å². The molecule has 0 aliphatic carbocycles. The largest absolute Gasteiger partial charge is 0.665 e. The van der Waals surface area contributed by atoms with E-state index >= 15 is 0 Å². The highest BCUT2D eigenvalue weighted by molar-refractivity contribution is 5.26. The molecule has 0 aliphatic heterocycles. The first kappa shape index (κ1) is 8.28. The van der Waals surface area contributed by atoms with Gasteiger partial charge in [-0.3, -0.25) is 0 Å². The van der Waals surface area contributed by atoms with Crippen molar-refractivity contribution in [2.75, 3.05) is 13.6 Å². The summed E-state index contributed by atoms with van der Waals surface area (Å²) >= 11 is 0. The minimum atomic E-state index is 0.935. The topological polar surface area (TPSA) is 14.1 Å². The van der Waals surface area contributed by atoms with E-state index in [1.165, 1.54) is 11.1 Å². The van der Waals surface area contributed by atoms with E-state index < -0.39 is 0 Å². The molecule has 0 atom stereocenters. The van der Waals surface area contributed by atoms with Gasteiger partial charge in [0, 0.05) is 0 Å². The van der Waals surface area contributed by atoms with Gasteiger partial charge in [-0.2, -0.15) is 7.05 Å². The Bertz CT molecular complexity index is 218. The fraction of sp³-hybridized carbons (Fsp3) is 0.400. The van der Waals surface area contributed by atoms with Crippen molar-refractivity contribution in [3.8, 4) is 0 Å². The molecule has 11 heavy (non-hydrogen) atoms. The lowest BCUT2D eigenvalue weighted by atomic mass is 10.1. The van der Waals surface area contributed by atoms with Gasteiger partial charge in [0.1, 0.15) is 0 Å². The van der Waals surface area contributed by atoms with Crippen molar-refractivity contribution in [3.05, 3.63) is 40.7 Å². The van der Waals surface area contributed by atoms with Crippen molar-refractivity contribution in [2.45, 2.75) is 13.3 Å². The molecule has 0 bridgehead atoms. The molecule has 1 heteroatoms. The molecule has 1 aromatic rings. The second-order valence-electron chi connectivity index (χ2n) is 2.72. The van der Waals surface area contributed by atoms with Crippen molar-refractivity contribution < 1.29 is 0 Å². The Balaban J connectivity index is 2.62. The first-order valence-electron chi connectivity index (χ1n) is 3.94. The highest BCUT2D eigenvalue weighted by Gasteiger charge is 1.91. The van der Waals surface area contributed by atoms with Crippen LogP contribution in [0.5, 0.6) is 0 Å². The molecule has 60 valence electrons. The summed E-state index contributed by atoms with van der Waals surface area (Å²) in [5.74, 6) is 0. The summed E-state index contributed by atoms with van der Waals surface area (Å²) in [5.41, 5.74) is 2.79. The first-order chi connectivity index (χ1) is 5.34. The lowest BCUT2D eigenvalue weighted by Crippen LogP contribution is -1.92. The quantitative estimate of drug-likeness (QED) is 0.625. The molecule has 0 radical (unpaired) electrons. The van der Waals surface area contributed by atoms with Crippen LogP contribution < -0.4 is 0 Å². The second-order valence-corrected chi connectivity index (χ2v) is 2.72. The molecule has 0 aromatic heterocycles. The fourth-order valence-electron chi connectivity index (χ4n) is 1.12. The molecular formula is C10H14N-. The molecule has 0 aliphatic rings. The van der Waals surface area contributed by atoms with Crippen LogP contribution >= 0.6 is 0 Å². The van der Waals surface area contributed by atoms with Gasteiger partial charge in [0.25, 0.3) is 0 Å². The Hall–Kier alpha value is -0.820. The van der Waals surface area contributed by atoms with Gasteiger partial charge in [-0.1, -0.05) is 24.3 Å². The number of rotatable bonds is 3. The highest BCUT2D eigenvalue weighted by Crippen LogP contribution is 2.07. The molecule has 0 N–H and O–H groups in total. The summed E-state index contributed by atoms with van der Waals surface area (Å²) in [6.45, 7) is 3.08. The summed E-state index contributed by atoms with van der Waals surface area (Å²) in [7, 11) is 1.86. The lowest BCUT2D eigenvalue weighted by Gasteiger charge is -2.11. The maximum Gasteiger partial charge on any atom is -0.0395 e. The van der Waals surface area contributed by atoms with Crippen LogP contribution in [0.15, 0.2) is 24.3 Å². The molecule has 1 nitrogen and oxygen atoms in total. The monoisotopic (exact) mass is 148 g/mol. The third kappa shape index (κ3) is 2.35. The van der Waals surface area contributed by atoms with Crippen LogP contribution in [-0.2, 0) is 6.42 Å². The lowest BCUT2D eigenvalue weighted by molar-refractivity contribution is 1.03. The van der Waals surface area contributed by atoms with E-state index in [4.69, 9.17) is 0 Å². The Morgan fingerprint density at radius 2 is 2.00 bits per heavy atom. The predicted octanol–water partition coefficient (Wildman–Crippen LogP) is 2.54. The molecule has 0 amide bonds. The van der Waals surface area contributed by atoms with Gasteiger partial charge < -0.3 is 5.32 Å². The Kier molecular flexibility index (Phi) is 3.12. The third-order valence-corrected chi connectivity index (χ3v) is 1.87. The SMILES string of the molecule is C[N-]CCc1ccccc1C. The molecular weight excluding hydrogens is 134 g/mol. The zero-order chi connectivity index (χ0) is 8.10. The van der Waals surface area contributed by atoms with E-state index in [0.29, 0.717) is 0 Å². The molecule has 0 saturated carbocycles. The molecule has 1 rings (SSSR count). The zero-order valence-corrected chi connectivity index (χ0v) is 7.17. The number of likely N-dealkylation sites (N-methyl/N-ethyl adjacent to an activating group) is 1. The number of nitrogens with zero attached hydrogens (tertiary/aromatic N) is 1. The fourth-order valence-corrected chi connectivity index (χ4v) is 1.12. The van der Waals surface area contributed by atoms with Crippen molar-refractivity contribution >= 4 is 0 Å². The maximum absolute atomic E-state index is 4.07. The van der Waals surface area contributed by atoms with Crippen LogP contribution in [0.25, 0.3) is 5.32 Å². The standard InChI is InChI=1S/C10H14N/c1-9-5-3-4-6-10(9)7-8-11-2/h3-6H,7-8H2,1-2H3/q-1. The van der Waals surface area contributed by atoms with E-state index in [9.17, 15) is 0 Å². The van der Waals surface area contributed by atoms with Crippen LogP contribution in [0.2, 0.25) is 0 Å². The Morgan fingerprint density at radius 1 is 1.27 bits per heavy atom. The molecule has 0 fully saturated rings. The van der Waals surface area contributed by atoms with Gasteiger partial charge in [0.05, 0.1) is 0 Å². The van der Waals surface area contributed by atoms with Crippen molar-refractivity contribution in [2.24, 2.45) is 0 Å². The van der Waals surface area contributed by atoms with E-state index in [-0.39, 0.29) is 0 Å². The number of aryl methyl sites for hydroxylation is 1. The zero-order valence-electron chi connectivity index (χ0n) is 7.17. The predicted molar refractivity (Wildman–Crippen MR) is 49.0 cm³/mol.